The Hall–Kier alpha value is -1.02. The van der Waals surface area contributed by atoms with E-state index in [1.165, 1.54) is 11.3 Å². The van der Waals surface area contributed by atoms with Crippen LogP contribution in [0.25, 0.3) is 0 Å². The molecule has 1 aromatic rings. The van der Waals surface area contributed by atoms with Gasteiger partial charge in [-0.2, -0.15) is 0 Å². The van der Waals surface area contributed by atoms with Crippen LogP contribution in [0.5, 0.6) is 0 Å². The molecule has 1 heterocycles. The maximum atomic E-state index is 5.92. The minimum atomic E-state index is 0.0659. The number of aryl methyl sites for hydroxylation is 2. The van der Waals surface area contributed by atoms with Gasteiger partial charge in [-0.1, -0.05) is 6.08 Å². The summed E-state index contributed by atoms with van der Waals surface area (Å²) in [6.45, 7) is 7.78. The highest BCUT2D eigenvalue weighted by molar-refractivity contribution is 5.26. The quantitative estimate of drug-likeness (QED) is 0.661. The Bertz CT molecular complexity index is 273. The molecule has 0 aliphatic rings. The molecule has 0 amide bonds. The third kappa shape index (κ3) is 1.77. The van der Waals surface area contributed by atoms with Crippen LogP contribution in [0.15, 0.2) is 18.7 Å². The summed E-state index contributed by atoms with van der Waals surface area (Å²) < 4.78 is 0. The second kappa shape index (κ2) is 3.59. The average Bonchev–Trinajstić information content (AvgIpc) is 2.30. The molecular formula is C10H16N2. The van der Waals surface area contributed by atoms with Crippen molar-refractivity contribution < 1.29 is 0 Å². The molecule has 0 bridgehead atoms. The molecule has 0 aliphatic carbocycles. The highest BCUT2D eigenvalue weighted by Gasteiger charge is 2.08. The fraction of sp³-hybridized carbons (Fsp3) is 0.400. The number of aromatic amines is 1. The second-order valence-corrected chi connectivity index (χ2v) is 3.18. The van der Waals surface area contributed by atoms with Crippen molar-refractivity contribution in [1.29, 1.82) is 0 Å². The fourth-order valence-electron chi connectivity index (χ4n) is 1.43. The predicted octanol–water partition coefficient (Wildman–Crippen LogP) is 2.21. The first-order valence-corrected chi connectivity index (χ1v) is 4.17. The topological polar surface area (TPSA) is 41.8 Å². The first-order valence-electron chi connectivity index (χ1n) is 4.17. The Morgan fingerprint density at radius 2 is 2.33 bits per heavy atom. The molecule has 0 saturated heterocycles. The van der Waals surface area contributed by atoms with Gasteiger partial charge in [0.25, 0.3) is 0 Å². The third-order valence-corrected chi connectivity index (χ3v) is 1.98. The summed E-state index contributed by atoms with van der Waals surface area (Å²) in [5, 5.41) is 0. The molecule has 0 aliphatic heterocycles. The lowest BCUT2D eigenvalue weighted by Gasteiger charge is -2.07. The minimum Gasteiger partial charge on any atom is -0.361 e. The van der Waals surface area contributed by atoms with Crippen LogP contribution in [-0.2, 0) is 0 Å². The van der Waals surface area contributed by atoms with Crippen LogP contribution in [0.3, 0.4) is 0 Å². The molecule has 0 saturated carbocycles. The summed E-state index contributed by atoms with van der Waals surface area (Å²) in [5.74, 6) is 0. The molecule has 0 aromatic carbocycles. The standard InChI is InChI=1S/C10H16N2/c1-4-5-9(11)10-7(2)6-8(3)12-10/h4,6,9,12H,1,5,11H2,2-3H3/t9-/m1/s1. The first-order chi connectivity index (χ1) is 5.65. The van der Waals surface area contributed by atoms with Gasteiger partial charge in [0.05, 0.1) is 0 Å². The van der Waals surface area contributed by atoms with E-state index in [0.717, 1.165) is 12.1 Å². The molecule has 0 fully saturated rings. The Kier molecular flexibility index (Phi) is 2.71. The summed E-state index contributed by atoms with van der Waals surface area (Å²) in [6, 6.07) is 2.18. The molecule has 2 heteroatoms. The largest absolute Gasteiger partial charge is 0.361 e. The summed E-state index contributed by atoms with van der Waals surface area (Å²) in [5.41, 5.74) is 9.46. The predicted molar refractivity (Wildman–Crippen MR) is 52.0 cm³/mol. The van der Waals surface area contributed by atoms with Crippen molar-refractivity contribution in [1.82, 2.24) is 4.98 Å². The molecule has 1 rings (SSSR count). The van der Waals surface area contributed by atoms with E-state index in [1.807, 2.05) is 13.0 Å². The minimum absolute atomic E-state index is 0.0659. The number of hydrogen-bond donors (Lipinski definition) is 2. The van der Waals surface area contributed by atoms with Crippen LogP contribution in [0.1, 0.15) is 29.4 Å². The Morgan fingerprint density at radius 3 is 2.75 bits per heavy atom. The number of hydrogen-bond acceptors (Lipinski definition) is 1. The van der Waals surface area contributed by atoms with Crippen LogP contribution < -0.4 is 5.73 Å². The van der Waals surface area contributed by atoms with E-state index in [1.54, 1.807) is 0 Å². The number of nitrogens with one attached hydrogen (secondary N) is 1. The van der Waals surface area contributed by atoms with Crippen molar-refractivity contribution in [3.05, 3.63) is 35.7 Å². The zero-order valence-corrected chi connectivity index (χ0v) is 7.72. The van der Waals surface area contributed by atoms with Crippen LogP contribution in [0.2, 0.25) is 0 Å². The van der Waals surface area contributed by atoms with Gasteiger partial charge >= 0.3 is 0 Å². The van der Waals surface area contributed by atoms with Gasteiger partial charge in [0.2, 0.25) is 0 Å². The Labute approximate surface area is 73.5 Å². The Balaban J connectivity index is 2.85. The van der Waals surface area contributed by atoms with Crippen molar-refractivity contribution in [3.63, 3.8) is 0 Å². The van der Waals surface area contributed by atoms with Crippen molar-refractivity contribution in [3.8, 4) is 0 Å². The summed E-state index contributed by atoms with van der Waals surface area (Å²) in [7, 11) is 0. The van der Waals surface area contributed by atoms with E-state index in [-0.39, 0.29) is 6.04 Å². The normalized spacial score (nSPS) is 12.9. The number of aromatic nitrogens is 1. The molecule has 0 unspecified atom stereocenters. The molecule has 1 aromatic heterocycles. The van der Waals surface area contributed by atoms with Crippen molar-refractivity contribution in [2.24, 2.45) is 5.73 Å². The molecule has 3 N–H and O–H groups in total. The molecule has 12 heavy (non-hydrogen) atoms. The lowest BCUT2D eigenvalue weighted by molar-refractivity contribution is 0.712. The Morgan fingerprint density at radius 1 is 1.67 bits per heavy atom. The highest BCUT2D eigenvalue weighted by Crippen LogP contribution is 2.18. The van der Waals surface area contributed by atoms with Gasteiger partial charge in [-0.3, -0.25) is 0 Å². The summed E-state index contributed by atoms with van der Waals surface area (Å²) >= 11 is 0. The van der Waals surface area contributed by atoms with Gasteiger partial charge in [0, 0.05) is 17.4 Å². The molecule has 1 atom stereocenters. The monoisotopic (exact) mass is 164 g/mol. The lowest BCUT2D eigenvalue weighted by atomic mass is 10.1. The van der Waals surface area contributed by atoms with Crippen LogP contribution in [0.4, 0.5) is 0 Å². The maximum absolute atomic E-state index is 5.92. The number of nitrogens with two attached hydrogens (primary N) is 1. The van der Waals surface area contributed by atoms with E-state index in [4.69, 9.17) is 5.73 Å². The zero-order chi connectivity index (χ0) is 9.14. The maximum Gasteiger partial charge on any atom is 0.0485 e. The second-order valence-electron chi connectivity index (χ2n) is 3.18. The van der Waals surface area contributed by atoms with Gasteiger partial charge < -0.3 is 10.7 Å². The lowest BCUT2D eigenvalue weighted by Crippen LogP contribution is -2.10. The SMILES string of the molecule is C=CC[C@@H](N)c1[nH]c(C)cc1C. The van der Waals surface area contributed by atoms with Crippen LogP contribution in [0, 0.1) is 13.8 Å². The van der Waals surface area contributed by atoms with Gasteiger partial charge in [0.15, 0.2) is 0 Å². The number of rotatable bonds is 3. The van der Waals surface area contributed by atoms with Gasteiger partial charge in [-0.05, 0) is 31.9 Å². The molecule has 0 spiro atoms. The van der Waals surface area contributed by atoms with Gasteiger partial charge in [0.1, 0.15) is 0 Å². The third-order valence-electron chi connectivity index (χ3n) is 1.98. The average molecular weight is 164 g/mol. The first kappa shape index (κ1) is 9.07. The number of H-pyrrole nitrogens is 1. The highest BCUT2D eigenvalue weighted by atomic mass is 14.8. The smallest absolute Gasteiger partial charge is 0.0485 e. The molecule has 66 valence electrons. The van der Waals surface area contributed by atoms with Crippen LogP contribution >= 0.6 is 0 Å². The van der Waals surface area contributed by atoms with E-state index in [0.29, 0.717) is 0 Å². The van der Waals surface area contributed by atoms with E-state index >= 15 is 0 Å². The zero-order valence-electron chi connectivity index (χ0n) is 7.72. The summed E-state index contributed by atoms with van der Waals surface area (Å²) in [4.78, 5) is 3.26. The van der Waals surface area contributed by atoms with E-state index in [9.17, 15) is 0 Å². The molecule has 2 nitrogen and oxygen atoms in total. The fourth-order valence-corrected chi connectivity index (χ4v) is 1.43. The van der Waals surface area contributed by atoms with Gasteiger partial charge in [-0.15, -0.1) is 6.58 Å². The van der Waals surface area contributed by atoms with Crippen molar-refractivity contribution in [2.45, 2.75) is 26.3 Å². The summed E-state index contributed by atoms with van der Waals surface area (Å²) in [6.07, 6.45) is 2.67. The van der Waals surface area contributed by atoms with Crippen LogP contribution in [-0.4, -0.2) is 4.98 Å². The van der Waals surface area contributed by atoms with Gasteiger partial charge in [-0.25, -0.2) is 0 Å². The van der Waals surface area contributed by atoms with Crippen molar-refractivity contribution >= 4 is 0 Å². The van der Waals surface area contributed by atoms with E-state index in [2.05, 4.69) is 24.6 Å². The molecule has 0 radical (unpaired) electrons. The van der Waals surface area contributed by atoms with Crippen molar-refractivity contribution in [2.75, 3.05) is 0 Å². The van der Waals surface area contributed by atoms with E-state index < -0.39 is 0 Å². The molecular weight excluding hydrogens is 148 g/mol.